The Kier molecular flexibility index (Phi) is 7.80. The average Bonchev–Trinajstić information content (AvgIpc) is 2.26. The number of hydrogen-bond donors (Lipinski definition) is 1. The summed E-state index contributed by atoms with van der Waals surface area (Å²) in [6.07, 6.45) is 3.76. The Bertz CT molecular complexity index is 223. The Morgan fingerprint density at radius 1 is 1.29 bits per heavy atom. The Morgan fingerprint density at radius 3 is 2.24 bits per heavy atom. The van der Waals surface area contributed by atoms with Gasteiger partial charge in [-0.25, -0.2) is 0 Å². The summed E-state index contributed by atoms with van der Waals surface area (Å²) in [5, 5.41) is 0. The van der Waals surface area contributed by atoms with Gasteiger partial charge in [0.2, 0.25) is 5.91 Å². The molecule has 1 rings (SSSR count). The van der Waals surface area contributed by atoms with Gasteiger partial charge in [0.15, 0.2) is 0 Å². The highest BCUT2D eigenvalue weighted by molar-refractivity contribution is 5.85. The summed E-state index contributed by atoms with van der Waals surface area (Å²) in [5.74, 6) is 1.85. The van der Waals surface area contributed by atoms with Crippen molar-refractivity contribution in [2.45, 2.75) is 52.5 Å². The van der Waals surface area contributed by atoms with Gasteiger partial charge in [0.1, 0.15) is 0 Å². The lowest BCUT2D eigenvalue weighted by molar-refractivity contribution is -0.133. The van der Waals surface area contributed by atoms with Crippen molar-refractivity contribution in [3.05, 3.63) is 0 Å². The Balaban J connectivity index is 0.00000256. The number of hydrogen-bond acceptors (Lipinski definition) is 2. The zero-order valence-corrected chi connectivity index (χ0v) is 12.1. The van der Waals surface area contributed by atoms with E-state index in [0.717, 1.165) is 31.3 Å². The van der Waals surface area contributed by atoms with Crippen LogP contribution in [0.5, 0.6) is 0 Å². The van der Waals surface area contributed by atoms with Crippen LogP contribution in [0.25, 0.3) is 0 Å². The molecule has 1 heterocycles. The molecular weight excluding hydrogens is 236 g/mol. The van der Waals surface area contributed by atoms with Crippen molar-refractivity contribution in [3.63, 3.8) is 0 Å². The van der Waals surface area contributed by atoms with Crippen LogP contribution in [0.15, 0.2) is 0 Å². The van der Waals surface area contributed by atoms with Crippen LogP contribution >= 0.6 is 12.4 Å². The average molecular weight is 263 g/mol. The molecule has 1 aliphatic heterocycles. The third-order valence-electron chi connectivity index (χ3n) is 3.65. The van der Waals surface area contributed by atoms with Gasteiger partial charge in [-0.1, -0.05) is 13.8 Å². The molecule has 4 heteroatoms. The molecule has 2 N–H and O–H groups in total. The quantitative estimate of drug-likeness (QED) is 0.846. The number of nitrogens with zero attached hydrogens (tertiary/aromatic N) is 1. The second-order valence-corrected chi connectivity index (χ2v) is 5.48. The third-order valence-corrected chi connectivity index (χ3v) is 3.65. The topological polar surface area (TPSA) is 46.3 Å². The van der Waals surface area contributed by atoms with Crippen LogP contribution < -0.4 is 5.73 Å². The highest BCUT2D eigenvalue weighted by atomic mass is 35.5. The molecule has 3 nitrogen and oxygen atoms in total. The van der Waals surface area contributed by atoms with Crippen molar-refractivity contribution in [2.75, 3.05) is 13.1 Å². The number of piperidine rings is 1. The third kappa shape index (κ3) is 5.73. The monoisotopic (exact) mass is 262 g/mol. The van der Waals surface area contributed by atoms with Gasteiger partial charge in [0.25, 0.3) is 0 Å². The molecule has 1 aliphatic rings. The first kappa shape index (κ1) is 16.7. The van der Waals surface area contributed by atoms with Crippen molar-refractivity contribution < 1.29 is 4.79 Å². The van der Waals surface area contributed by atoms with Gasteiger partial charge in [-0.2, -0.15) is 0 Å². The van der Waals surface area contributed by atoms with Gasteiger partial charge in [-0.15, -0.1) is 12.4 Å². The van der Waals surface area contributed by atoms with Crippen LogP contribution in [-0.4, -0.2) is 29.9 Å². The summed E-state index contributed by atoms with van der Waals surface area (Å²) in [6, 6.07) is 0.136. The molecule has 0 radical (unpaired) electrons. The van der Waals surface area contributed by atoms with E-state index in [1.54, 1.807) is 0 Å². The van der Waals surface area contributed by atoms with Gasteiger partial charge in [-0.3, -0.25) is 4.79 Å². The molecule has 0 spiro atoms. The summed E-state index contributed by atoms with van der Waals surface area (Å²) in [5.41, 5.74) is 5.66. The van der Waals surface area contributed by atoms with Crippen molar-refractivity contribution >= 4 is 18.3 Å². The van der Waals surface area contributed by atoms with Gasteiger partial charge in [0.05, 0.1) is 0 Å². The van der Waals surface area contributed by atoms with Crippen molar-refractivity contribution in [2.24, 2.45) is 17.6 Å². The molecule has 1 fully saturated rings. The number of likely N-dealkylation sites (tertiary alicyclic amines) is 1. The number of amides is 1. The van der Waals surface area contributed by atoms with Gasteiger partial charge in [0, 0.05) is 25.6 Å². The van der Waals surface area contributed by atoms with Gasteiger partial charge >= 0.3 is 0 Å². The summed E-state index contributed by atoms with van der Waals surface area (Å²) in [7, 11) is 0. The Hall–Kier alpha value is -0.280. The number of carbonyl (C=O) groups excluding carboxylic acids is 1. The van der Waals surface area contributed by atoms with Gasteiger partial charge in [-0.05, 0) is 38.0 Å². The number of halogens is 1. The smallest absolute Gasteiger partial charge is 0.222 e. The van der Waals surface area contributed by atoms with E-state index in [4.69, 9.17) is 5.73 Å². The van der Waals surface area contributed by atoms with Crippen LogP contribution in [0.2, 0.25) is 0 Å². The maximum absolute atomic E-state index is 11.8. The second-order valence-electron chi connectivity index (χ2n) is 5.48. The second kappa shape index (κ2) is 7.93. The Labute approximate surface area is 112 Å². The highest BCUT2D eigenvalue weighted by Crippen LogP contribution is 2.24. The minimum atomic E-state index is 0. The number of rotatable bonds is 4. The fourth-order valence-corrected chi connectivity index (χ4v) is 2.32. The first-order valence-electron chi connectivity index (χ1n) is 6.54. The lowest BCUT2D eigenvalue weighted by Crippen LogP contribution is -2.39. The van der Waals surface area contributed by atoms with E-state index in [1.807, 2.05) is 11.8 Å². The summed E-state index contributed by atoms with van der Waals surface area (Å²) >= 11 is 0. The van der Waals surface area contributed by atoms with Crippen LogP contribution in [-0.2, 0) is 4.79 Å². The predicted octanol–water partition coefficient (Wildman–Crippen LogP) is 2.43. The van der Waals surface area contributed by atoms with Crippen molar-refractivity contribution in [3.8, 4) is 0 Å². The molecule has 1 amide bonds. The predicted molar refractivity (Wildman–Crippen MR) is 74.3 cm³/mol. The van der Waals surface area contributed by atoms with E-state index in [2.05, 4.69) is 13.8 Å². The summed E-state index contributed by atoms with van der Waals surface area (Å²) < 4.78 is 0. The molecule has 1 atom stereocenters. The molecule has 1 saturated heterocycles. The molecule has 0 bridgehead atoms. The van der Waals surface area contributed by atoms with E-state index in [-0.39, 0.29) is 18.4 Å². The van der Waals surface area contributed by atoms with E-state index < -0.39 is 0 Å². The fraction of sp³-hybridized carbons (Fsp3) is 0.923. The molecule has 17 heavy (non-hydrogen) atoms. The highest BCUT2D eigenvalue weighted by Gasteiger charge is 2.24. The van der Waals surface area contributed by atoms with Gasteiger partial charge < -0.3 is 10.6 Å². The van der Waals surface area contributed by atoms with E-state index in [0.29, 0.717) is 12.3 Å². The maximum atomic E-state index is 11.8. The fourth-order valence-electron chi connectivity index (χ4n) is 2.32. The van der Waals surface area contributed by atoms with Crippen LogP contribution in [0.3, 0.4) is 0 Å². The molecule has 0 aromatic carbocycles. The minimum absolute atomic E-state index is 0. The molecule has 0 aromatic heterocycles. The summed E-state index contributed by atoms with van der Waals surface area (Å²) in [4.78, 5) is 13.9. The zero-order chi connectivity index (χ0) is 12.1. The molecule has 0 aromatic rings. The van der Waals surface area contributed by atoms with Crippen molar-refractivity contribution in [1.82, 2.24) is 4.90 Å². The standard InChI is InChI=1S/C13H26N2O.ClH/c1-10(2)12-6-8-15(9-7-12)13(16)5-4-11(3)14;/h10-12H,4-9,14H2,1-3H3;1H. The zero-order valence-electron chi connectivity index (χ0n) is 11.3. The van der Waals surface area contributed by atoms with E-state index in [1.165, 1.54) is 12.8 Å². The first-order chi connectivity index (χ1) is 7.50. The van der Waals surface area contributed by atoms with E-state index in [9.17, 15) is 4.79 Å². The lowest BCUT2D eigenvalue weighted by Gasteiger charge is -2.34. The van der Waals surface area contributed by atoms with Crippen LogP contribution in [0.1, 0.15) is 46.5 Å². The first-order valence-corrected chi connectivity index (χ1v) is 6.54. The van der Waals surface area contributed by atoms with Crippen LogP contribution in [0, 0.1) is 11.8 Å². The number of nitrogens with two attached hydrogens (primary N) is 1. The largest absolute Gasteiger partial charge is 0.343 e. The minimum Gasteiger partial charge on any atom is -0.343 e. The molecule has 0 aliphatic carbocycles. The van der Waals surface area contributed by atoms with Crippen molar-refractivity contribution in [1.29, 1.82) is 0 Å². The molecule has 0 saturated carbocycles. The molecular formula is C13H27ClN2O. The molecule has 1 unspecified atom stereocenters. The van der Waals surface area contributed by atoms with Crippen LogP contribution in [0.4, 0.5) is 0 Å². The normalized spacial score (nSPS) is 19.0. The summed E-state index contributed by atoms with van der Waals surface area (Å²) in [6.45, 7) is 8.40. The maximum Gasteiger partial charge on any atom is 0.222 e. The van der Waals surface area contributed by atoms with E-state index >= 15 is 0 Å². The number of carbonyl (C=O) groups is 1. The molecule has 102 valence electrons. The Morgan fingerprint density at radius 2 is 1.82 bits per heavy atom. The SMILES string of the molecule is CC(N)CCC(=O)N1CCC(C(C)C)CC1.Cl. The lowest BCUT2D eigenvalue weighted by atomic mass is 9.86.